The third-order valence-corrected chi connectivity index (χ3v) is 5.21. The zero-order valence-corrected chi connectivity index (χ0v) is 16.9. The number of fused-ring (bicyclic) bond motifs is 2. The second-order valence-electron chi connectivity index (χ2n) is 7.47. The normalized spacial score (nSPS) is 25.3. The van der Waals surface area contributed by atoms with Crippen LogP contribution >= 0.6 is 0 Å². The van der Waals surface area contributed by atoms with Crippen molar-refractivity contribution >= 4 is 11.8 Å². The van der Waals surface area contributed by atoms with Gasteiger partial charge in [0, 0.05) is 19.6 Å². The highest BCUT2D eigenvalue weighted by Crippen LogP contribution is 2.32. The number of benzene rings is 1. The van der Waals surface area contributed by atoms with Crippen molar-refractivity contribution in [1.82, 2.24) is 15.5 Å². The number of unbranched alkanes of at least 4 members (excludes halogenated alkanes) is 1. The lowest BCUT2D eigenvalue weighted by Crippen LogP contribution is -2.51. The Balaban J connectivity index is 1.78. The molecule has 2 amide bonds. The van der Waals surface area contributed by atoms with Crippen LogP contribution in [0.3, 0.4) is 0 Å². The number of amides is 2. The standard InChI is InChI=1S/C21H31N3O4/c1-4-6-11-23-20(25)18(15-9-7-14(3)8-10-15)24-12-16-19(21(26)22-5-2)28-17(13-24)27-16/h7-10,16-19H,4-6,11-13H2,1-3H3,(H,22,26)(H,23,25)/t16-,17-,18-,19-/m0/s1. The third kappa shape index (κ3) is 4.71. The lowest BCUT2D eigenvalue weighted by molar-refractivity contribution is -0.142. The maximum Gasteiger partial charge on any atom is 0.252 e. The maximum absolute atomic E-state index is 13.0. The summed E-state index contributed by atoms with van der Waals surface area (Å²) < 4.78 is 11.6. The van der Waals surface area contributed by atoms with Crippen molar-refractivity contribution in [2.75, 3.05) is 26.2 Å². The molecule has 0 radical (unpaired) electrons. The molecule has 0 aliphatic carbocycles. The molecule has 0 unspecified atom stereocenters. The quantitative estimate of drug-likeness (QED) is 0.659. The minimum absolute atomic E-state index is 0.0202. The van der Waals surface area contributed by atoms with Gasteiger partial charge in [0.25, 0.3) is 5.91 Å². The molecule has 3 rings (SSSR count). The number of nitrogens with one attached hydrogen (secondary N) is 2. The second kappa shape index (κ2) is 9.49. The van der Waals surface area contributed by atoms with Gasteiger partial charge in [-0.15, -0.1) is 0 Å². The number of aryl methyl sites for hydroxylation is 1. The predicted molar refractivity (Wildman–Crippen MR) is 106 cm³/mol. The molecule has 28 heavy (non-hydrogen) atoms. The lowest BCUT2D eigenvalue weighted by atomic mass is 10.0. The van der Waals surface area contributed by atoms with Gasteiger partial charge in [0.15, 0.2) is 12.4 Å². The first kappa shape index (κ1) is 20.8. The summed E-state index contributed by atoms with van der Waals surface area (Å²) in [6.45, 7) is 8.13. The Morgan fingerprint density at radius 1 is 1.14 bits per heavy atom. The molecule has 7 nitrogen and oxygen atoms in total. The first-order valence-corrected chi connectivity index (χ1v) is 10.2. The predicted octanol–water partition coefficient (Wildman–Crippen LogP) is 1.51. The van der Waals surface area contributed by atoms with Crippen LogP contribution in [0.15, 0.2) is 24.3 Å². The first-order valence-electron chi connectivity index (χ1n) is 10.2. The molecular formula is C21H31N3O4. The van der Waals surface area contributed by atoms with Crippen LogP contribution in [0.5, 0.6) is 0 Å². The molecule has 1 aromatic carbocycles. The van der Waals surface area contributed by atoms with Gasteiger partial charge >= 0.3 is 0 Å². The molecule has 2 aliphatic rings. The van der Waals surface area contributed by atoms with Crippen LogP contribution < -0.4 is 10.6 Å². The van der Waals surface area contributed by atoms with E-state index in [-0.39, 0.29) is 17.9 Å². The van der Waals surface area contributed by atoms with Gasteiger partial charge in [0.1, 0.15) is 12.1 Å². The van der Waals surface area contributed by atoms with Gasteiger partial charge in [-0.2, -0.15) is 0 Å². The number of rotatable bonds is 8. The SMILES string of the molecule is CCCCNC(=O)[C@H](c1ccc(C)cc1)N1C[C@H]2O[C@@H](C1)[C@@H](C(=O)NCC)O2. The molecule has 0 aromatic heterocycles. The monoisotopic (exact) mass is 389 g/mol. The van der Waals surface area contributed by atoms with Gasteiger partial charge in [0.05, 0.1) is 6.54 Å². The Hall–Kier alpha value is -1.96. The summed E-state index contributed by atoms with van der Waals surface area (Å²) in [5, 5.41) is 5.85. The molecule has 2 N–H and O–H groups in total. The smallest absolute Gasteiger partial charge is 0.252 e. The summed E-state index contributed by atoms with van der Waals surface area (Å²) >= 11 is 0. The van der Waals surface area contributed by atoms with E-state index in [1.54, 1.807) is 0 Å². The van der Waals surface area contributed by atoms with Crippen LogP contribution in [-0.2, 0) is 19.1 Å². The van der Waals surface area contributed by atoms with Crippen molar-refractivity contribution in [2.24, 2.45) is 0 Å². The van der Waals surface area contributed by atoms with Crippen molar-refractivity contribution in [3.05, 3.63) is 35.4 Å². The molecule has 154 valence electrons. The fraction of sp³-hybridized carbons (Fsp3) is 0.619. The van der Waals surface area contributed by atoms with E-state index < -0.39 is 18.4 Å². The Labute approximate surface area is 166 Å². The molecule has 0 spiro atoms. The molecule has 2 fully saturated rings. The Bertz CT molecular complexity index is 679. The fourth-order valence-corrected chi connectivity index (χ4v) is 3.75. The van der Waals surface area contributed by atoms with E-state index in [4.69, 9.17) is 9.47 Å². The number of hydrogen-bond donors (Lipinski definition) is 2. The van der Waals surface area contributed by atoms with Crippen LogP contribution in [0.4, 0.5) is 0 Å². The zero-order valence-electron chi connectivity index (χ0n) is 16.9. The zero-order chi connectivity index (χ0) is 20.1. The second-order valence-corrected chi connectivity index (χ2v) is 7.47. The number of carbonyl (C=O) groups excluding carboxylic acids is 2. The van der Waals surface area contributed by atoms with E-state index in [0.29, 0.717) is 26.2 Å². The minimum Gasteiger partial charge on any atom is -0.354 e. The van der Waals surface area contributed by atoms with Crippen LogP contribution in [0.25, 0.3) is 0 Å². The third-order valence-electron chi connectivity index (χ3n) is 5.21. The van der Waals surface area contributed by atoms with Crippen LogP contribution in [-0.4, -0.2) is 61.4 Å². The molecule has 2 heterocycles. The summed E-state index contributed by atoms with van der Waals surface area (Å²) in [7, 11) is 0. The summed E-state index contributed by atoms with van der Waals surface area (Å²) in [6, 6.07) is 7.61. The van der Waals surface area contributed by atoms with Crippen LogP contribution in [0.2, 0.25) is 0 Å². The molecule has 2 saturated heterocycles. The van der Waals surface area contributed by atoms with Crippen molar-refractivity contribution in [2.45, 2.75) is 58.2 Å². The van der Waals surface area contributed by atoms with Gasteiger partial charge in [-0.05, 0) is 25.8 Å². The highest BCUT2D eigenvalue weighted by molar-refractivity contribution is 5.83. The largest absolute Gasteiger partial charge is 0.354 e. The summed E-state index contributed by atoms with van der Waals surface area (Å²) in [5.41, 5.74) is 2.09. The van der Waals surface area contributed by atoms with Gasteiger partial charge < -0.3 is 20.1 Å². The Morgan fingerprint density at radius 3 is 2.57 bits per heavy atom. The van der Waals surface area contributed by atoms with Gasteiger partial charge in [-0.3, -0.25) is 14.5 Å². The summed E-state index contributed by atoms with van der Waals surface area (Å²) in [5.74, 6) is -0.177. The summed E-state index contributed by atoms with van der Waals surface area (Å²) in [4.78, 5) is 27.4. The molecular weight excluding hydrogens is 358 g/mol. The number of hydrogen-bond acceptors (Lipinski definition) is 5. The van der Waals surface area contributed by atoms with E-state index in [1.807, 2.05) is 38.1 Å². The Morgan fingerprint density at radius 2 is 1.89 bits per heavy atom. The molecule has 4 atom stereocenters. The average Bonchev–Trinajstić information content (AvgIpc) is 2.98. The molecule has 7 heteroatoms. The minimum atomic E-state index is -0.628. The number of ether oxygens (including phenoxy) is 2. The van der Waals surface area contributed by atoms with Crippen molar-refractivity contribution in [3.8, 4) is 0 Å². The lowest BCUT2D eigenvalue weighted by Gasteiger charge is -2.36. The fourth-order valence-electron chi connectivity index (χ4n) is 3.75. The van der Waals surface area contributed by atoms with Crippen LogP contribution in [0, 0.1) is 6.92 Å². The van der Waals surface area contributed by atoms with Crippen molar-refractivity contribution < 1.29 is 19.1 Å². The number of carbonyl (C=O) groups is 2. The molecule has 2 bridgehead atoms. The number of morpholine rings is 1. The van der Waals surface area contributed by atoms with E-state index in [2.05, 4.69) is 22.5 Å². The molecule has 1 aromatic rings. The van der Waals surface area contributed by atoms with E-state index in [0.717, 1.165) is 24.0 Å². The highest BCUT2D eigenvalue weighted by Gasteiger charge is 2.48. The Kier molecular flexibility index (Phi) is 7.04. The average molecular weight is 389 g/mol. The highest BCUT2D eigenvalue weighted by atomic mass is 16.7. The number of likely N-dealkylation sites (N-methyl/N-ethyl adjacent to an activating group) is 1. The maximum atomic E-state index is 13.0. The molecule has 0 saturated carbocycles. The first-order chi connectivity index (χ1) is 13.5. The molecule has 2 aliphatic heterocycles. The summed E-state index contributed by atoms with van der Waals surface area (Å²) in [6.07, 6.45) is 0.476. The van der Waals surface area contributed by atoms with Crippen molar-refractivity contribution in [3.63, 3.8) is 0 Å². The van der Waals surface area contributed by atoms with E-state index in [9.17, 15) is 9.59 Å². The van der Waals surface area contributed by atoms with Gasteiger partial charge in [-0.1, -0.05) is 43.2 Å². The number of nitrogens with zero attached hydrogens (tertiary/aromatic N) is 1. The van der Waals surface area contributed by atoms with Gasteiger partial charge in [-0.25, -0.2) is 0 Å². The van der Waals surface area contributed by atoms with Crippen molar-refractivity contribution in [1.29, 1.82) is 0 Å². The van der Waals surface area contributed by atoms with E-state index in [1.165, 1.54) is 0 Å². The van der Waals surface area contributed by atoms with Gasteiger partial charge in [0.2, 0.25) is 5.91 Å². The van der Waals surface area contributed by atoms with E-state index >= 15 is 0 Å². The topological polar surface area (TPSA) is 79.9 Å². The van der Waals surface area contributed by atoms with Crippen LogP contribution in [0.1, 0.15) is 43.9 Å².